The van der Waals surface area contributed by atoms with Gasteiger partial charge in [0.1, 0.15) is 0 Å². The average Bonchev–Trinajstić information content (AvgIpc) is 2.50. The normalized spacial score (nSPS) is 14.5. The van der Waals surface area contributed by atoms with E-state index < -0.39 is 5.60 Å². The molecule has 0 spiro atoms. The van der Waals surface area contributed by atoms with Crippen molar-refractivity contribution in [2.45, 2.75) is 130 Å². The smallest absolute Gasteiger partial charge is 0.0647 e. The number of hydrogen-bond donors (Lipinski definition) is 1. The predicted molar refractivity (Wildman–Crippen MR) is 100 cm³/mol. The minimum atomic E-state index is -0.438. The molecule has 0 saturated carbocycles. The summed E-state index contributed by atoms with van der Waals surface area (Å²) >= 11 is 0. The van der Waals surface area contributed by atoms with Crippen molar-refractivity contribution < 1.29 is 5.11 Å². The van der Waals surface area contributed by atoms with Gasteiger partial charge < -0.3 is 5.11 Å². The van der Waals surface area contributed by atoms with Gasteiger partial charge in [-0.05, 0) is 32.1 Å². The van der Waals surface area contributed by atoms with Crippen LogP contribution in [0, 0.1) is 5.92 Å². The van der Waals surface area contributed by atoms with Crippen molar-refractivity contribution >= 4 is 0 Å². The van der Waals surface area contributed by atoms with Gasteiger partial charge in [-0.25, -0.2) is 0 Å². The molecule has 1 N–H and O–H groups in total. The molecule has 0 radical (unpaired) electrons. The molecule has 1 unspecified atom stereocenters. The van der Waals surface area contributed by atoms with Crippen LogP contribution < -0.4 is 0 Å². The van der Waals surface area contributed by atoms with Gasteiger partial charge in [-0.15, -0.1) is 0 Å². The Morgan fingerprint density at radius 2 is 1.05 bits per heavy atom. The summed E-state index contributed by atoms with van der Waals surface area (Å²) in [4.78, 5) is 0. The van der Waals surface area contributed by atoms with Gasteiger partial charge in [0.15, 0.2) is 0 Å². The van der Waals surface area contributed by atoms with Crippen LogP contribution in [-0.2, 0) is 0 Å². The minimum Gasteiger partial charge on any atom is -0.390 e. The van der Waals surface area contributed by atoms with E-state index in [0.29, 0.717) is 5.92 Å². The lowest BCUT2D eigenvalue weighted by Crippen LogP contribution is -2.34. The molecule has 0 rings (SSSR count). The maximum Gasteiger partial charge on any atom is 0.0647 e. The predicted octanol–water partition coefficient (Wildman–Crippen LogP) is 7.26. The molecule has 0 aliphatic rings. The third kappa shape index (κ3) is 11.5. The van der Waals surface area contributed by atoms with Gasteiger partial charge in [-0.1, -0.05) is 97.8 Å². The van der Waals surface area contributed by atoms with Gasteiger partial charge in [-0.2, -0.15) is 0 Å². The molecule has 0 aromatic rings. The highest BCUT2D eigenvalue weighted by atomic mass is 16.3. The molecule has 0 aliphatic heterocycles. The molecule has 0 saturated heterocycles. The fraction of sp³-hybridized carbons (Fsp3) is 1.00. The van der Waals surface area contributed by atoms with Gasteiger partial charge in [-0.3, -0.25) is 0 Å². The Morgan fingerprint density at radius 1 is 0.636 bits per heavy atom. The van der Waals surface area contributed by atoms with Crippen LogP contribution in [0.1, 0.15) is 124 Å². The molecule has 0 amide bonds. The Hall–Kier alpha value is -0.0400. The Morgan fingerprint density at radius 3 is 1.45 bits per heavy atom. The standard InChI is InChI=1S/C21H44O/c1-5-8-11-14-17-20(18-15-12-9-6-2)21(4,22)19-16-13-10-7-3/h20,22H,5-19H2,1-4H3. The van der Waals surface area contributed by atoms with E-state index in [9.17, 15) is 5.11 Å². The van der Waals surface area contributed by atoms with Crippen molar-refractivity contribution in [2.75, 3.05) is 0 Å². The van der Waals surface area contributed by atoms with E-state index in [4.69, 9.17) is 0 Å². The summed E-state index contributed by atoms with van der Waals surface area (Å²) in [6.45, 7) is 8.91. The summed E-state index contributed by atoms with van der Waals surface area (Å²) in [5, 5.41) is 11.0. The Kier molecular flexibility index (Phi) is 14.5. The van der Waals surface area contributed by atoms with E-state index >= 15 is 0 Å². The highest BCUT2D eigenvalue weighted by Gasteiger charge is 2.30. The van der Waals surface area contributed by atoms with Crippen LogP contribution in [0.5, 0.6) is 0 Å². The molecule has 22 heavy (non-hydrogen) atoms. The molecule has 1 nitrogen and oxygen atoms in total. The first-order chi connectivity index (χ1) is 10.6. The molecule has 0 aliphatic carbocycles. The van der Waals surface area contributed by atoms with Crippen LogP contribution >= 0.6 is 0 Å². The third-order valence-electron chi connectivity index (χ3n) is 5.23. The van der Waals surface area contributed by atoms with Crippen LogP contribution in [-0.4, -0.2) is 10.7 Å². The van der Waals surface area contributed by atoms with Gasteiger partial charge in [0.05, 0.1) is 5.60 Å². The first-order valence-corrected chi connectivity index (χ1v) is 10.3. The van der Waals surface area contributed by atoms with Crippen molar-refractivity contribution in [3.05, 3.63) is 0 Å². The molecular weight excluding hydrogens is 268 g/mol. The lowest BCUT2D eigenvalue weighted by molar-refractivity contribution is -0.0198. The summed E-state index contributed by atoms with van der Waals surface area (Å²) in [7, 11) is 0. The number of rotatable bonds is 16. The molecule has 1 heteroatoms. The van der Waals surface area contributed by atoms with E-state index in [2.05, 4.69) is 27.7 Å². The summed E-state index contributed by atoms with van der Waals surface area (Å²) in [6.07, 6.45) is 19.1. The summed E-state index contributed by atoms with van der Waals surface area (Å²) in [6, 6.07) is 0. The molecule has 0 fully saturated rings. The fourth-order valence-electron chi connectivity index (χ4n) is 3.52. The van der Waals surface area contributed by atoms with Crippen LogP contribution in [0.25, 0.3) is 0 Å². The van der Waals surface area contributed by atoms with E-state index in [1.807, 2.05) is 0 Å². The molecule has 0 bridgehead atoms. The lowest BCUT2D eigenvalue weighted by atomic mass is 9.78. The van der Waals surface area contributed by atoms with Crippen molar-refractivity contribution in [3.8, 4) is 0 Å². The second kappa shape index (κ2) is 14.5. The molecule has 134 valence electrons. The molecule has 0 aromatic carbocycles. The maximum atomic E-state index is 11.0. The van der Waals surface area contributed by atoms with Gasteiger partial charge in [0, 0.05) is 0 Å². The largest absolute Gasteiger partial charge is 0.390 e. The van der Waals surface area contributed by atoms with Crippen LogP contribution in [0.4, 0.5) is 0 Å². The maximum absolute atomic E-state index is 11.0. The summed E-state index contributed by atoms with van der Waals surface area (Å²) in [5.74, 6) is 0.517. The monoisotopic (exact) mass is 312 g/mol. The quantitative estimate of drug-likeness (QED) is 0.297. The molecule has 0 heterocycles. The first kappa shape index (κ1) is 22.0. The second-order valence-corrected chi connectivity index (χ2v) is 7.56. The van der Waals surface area contributed by atoms with Crippen molar-refractivity contribution in [2.24, 2.45) is 5.92 Å². The lowest BCUT2D eigenvalue weighted by Gasteiger charge is -2.33. The Bertz CT molecular complexity index is 210. The third-order valence-corrected chi connectivity index (χ3v) is 5.23. The average molecular weight is 313 g/mol. The van der Waals surface area contributed by atoms with E-state index in [1.54, 1.807) is 0 Å². The van der Waals surface area contributed by atoms with Gasteiger partial charge in [0.2, 0.25) is 0 Å². The fourth-order valence-corrected chi connectivity index (χ4v) is 3.52. The van der Waals surface area contributed by atoms with E-state index in [1.165, 1.54) is 89.9 Å². The van der Waals surface area contributed by atoms with Gasteiger partial charge in [0.25, 0.3) is 0 Å². The van der Waals surface area contributed by atoms with E-state index in [-0.39, 0.29) is 0 Å². The van der Waals surface area contributed by atoms with E-state index in [0.717, 1.165) is 6.42 Å². The molecule has 0 aromatic heterocycles. The number of hydrogen-bond acceptors (Lipinski definition) is 1. The SMILES string of the molecule is CCCCCCC(CCCCCC)C(C)(O)CCCCCC. The first-order valence-electron chi connectivity index (χ1n) is 10.3. The number of unbranched alkanes of at least 4 members (excludes halogenated alkanes) is 9. The minimum absolute atomic E-state index is 0.438. The topological polar surface area (TPSA) is 20.2 Å². The highest BCUT2D eigenvalue weighted by molar-refractivity contribution is 4.82. The summed E-state index contributed by atoms with van der Waals surface area (Å²) in [5.41, 5.74) is -0.438. The second-order valence-electron chi connectivity index (χ2n) is 7.56. The highest BCUT2D eigenvalue weighted by Crippen LogP contribution is 2.32. The van der Waals surface area contributed by atoms with Gasteiger partial charge >= 0.3 is 0 Å². The zero-order chi connectivity index (χ0) is 16.7. The van der Waals surface area contributed by atoms with Crippen LogP contribution in [0.15, 0.2) is 0 Å². The zero-order valence-electron chi connectivity index (χ0n) is 16.1. The Labute approximate surface area is 141 Å². The van der Waals surface area contributed by atoms with Crippen molar-refractivity contribution in [1.82, 2.24) is 0 Å². The zero-order valence-corrected chi connectivity index (χ0v) is 16.1. The van der Waals surface area contributed by atoms with Crippen LogP contribution in [0.2, 0.25) is 0 Å². The van der Waals surface area contributed by atoms with Crippen molar-refractivity contribution in [3.63, 3.8) is 0 Å². The number of aliphatic hydroxyl groups is 1. The Balaban J connectivity index is 4.24. The molecular formula is C21H44O. The van der Waals surface area contributed by atoms with Crippen LogP contribution in [0.3, 0.4) is 0 Å². The summed E-state index contributed by atoms with van der Waals surface area (Å²) < 4.78 is 0. The van der Waals surface area contributed by atoms with Crippen molar-refractivity contribution in [1.29, 1.82) is 0 Å². The molecule has 1 atom stereocenters.